The van der Waals surface area contributed by atoms with Crippen molar-refractivity contribution in [3.63, 3.8) is 0 Å². The van der Waals surface area contributed by atoms with Crippen molar-refractivity contribution >= 4 is 16.6 Å². The number of Topliss-reactive ketones (excluding diaryl/α,β-unsaturated/α-hetero) is 1. The number of hydrogen-bond acceptors (Lipinski definition) is 1. The molecular formula is C17H20O. The second-order valence-electron chi connectivity index (χ2n) is 4.92. The first-order chi connectivity index (χ1) is 8.70. The summed E-state index contributed by atoms with van der Waals surface area (Å²) in [7, 11) is 0. The monoisotopic (exact) mass is 240 g/mol. The summed E-state index contributed by atoms with van der Waals surface area (Å²) in [5.74, 6) is 0.259. The van der Waals surface area contributed by atoms with E-state index in [2.05, 4.69) is 43.3 Å². The molecule has 0 amide bonds. The van der Waals surface area contributed by atoms with Crippen LogP contribution in [0.15, 0.2) is 36.4 Å². The number of ketones is 1. The summed E-state index contributed by atoms with van der Waals surface area (Å²) < 4.78 is 0. The average molecular weight is 240 g/mol. The normalized spacial score (nSPS) is 10.8. The molecule has 0 radical (unpaired) electrons. The third-order valence-corrected chi connectivity index (χ3v) is 3.32. The molecule has 0 unspecified atom stereocenters. The van der Waals surface area contributed by atoms with Gasteiger partial charge in [0.15, 0.2) is 0 Å². The molecule has 0 aromatic heterocycles. The molecule has 2 aromatic carbocycles. The largest absolute Gasteiger partial charge is 0.300 e. The van der Waals surface area contributed by atoms with Crippen LogP contribution in [-0.2, 0) is 17.6 Å². The maximum absolute atomic E-state index is 11.0. The molecule has 2 aromatic rings. The fourth-order valence-electron chi connectivity index (χ4n) is 2.36. The Balaban J connectivity index is 2.31. The third-order valence-electron chi connectivity index (χ3n) is 3.32. The van der Waals surface area contributed by atoms with Gasteiger partial charge in [0.05, 0.1) is 0 Å². The van der Waals surface area contributed by atoms with Gasteiger partial charge < -0.3 is 4.79 Å². The first-order valence-corrected chi connectivity index (χ1v) is 6.70. The van der Waals surface area contributed by atoms with E-state index in [1.54, 1.807) is 6.92 Å². The highest BCUT2D eigenvalue weighted by Crippen LogP contribution is 2.22. The smallest absolute Gasteiger partial charge is 0.130 e. The topological polar surface area (TPSA) is 17.1 Å². The molecule has 0 saturated carbocycles. The molecule has 0 aliphatic carbocycles. The van der Waals surface area contributed by atoms with Crippen LogP contribution in [0, 0.1) is 0 Å². The molecule has 0 atom stereocenters. The minimum Gasteiger partial charge on any atom is -0.300 e. The van der Waals surface area contributed by atoms with E-state index in [4.69, 9.17) is 0 Å². The molecule has 94 valence electrons. The minimum atomic E-state index is 0.259. The van der Waals surface area contributed by atoms with Gasteiger partial charge in [0, 0.05) is 6.42 Å². The van der Waals surface area contributed by atoms with E-state index in [0.29, 0.717) is 6.42 Å². The lowest BCUT2D eigenvalue weighted by Gasteiger charge is -2.07. The number of aryl methyl sites for hydroxylation is 2. The number of hydrogen-bond donors (Lipinski definition) is 0. The number of carbonyl (C=O) groups excluding carboxylic acids is 1. The van der Waals surface area contributed by atoms with Gasteiger partial charge in [0.1, 0.15) is 5.78 Å². The summed E-state index contributed by atoms with van der Waals surface area (Å²) in [5, 5.41) is 2.65. The van der Waals surface area contributed by atoms with Gasteiger partial charge in [-0.1, -0.05) is 49.7 Å². The molecule has 0 fully saturated rings. The van der Waals surface area contributed by atoms with Gasteiger partial charge in [-0.15, -0.1) is 0 Å². The Morgan fingerprint density at radius 1 is 1.11 bits per heavy atom. The molecule has 0 spiro atoms. The number of rotatable bonds is 5. The Morgan fingerprint density at radius 2 is 1.94 bits per heavy atom. The number of benzene rings is 2. The summed E-state index contributed by atoms with van der Waals surface area (Å²) in [4.78, 5) is 11.0. The van der Waals surface area contributed by atoms with Crippen LogP contribution in [0.25, 0.3) is 10.8 Å². The standard InChI is InChI=1S/C17H20O/c1-3-5-15-6-4-7-16-12-14(9-8-13(2)18)10-11-17(15)16/h4,6-7,10-12H,3,5,8-9H2,1-2H3. The van der Waals surface area contributed by atoms with Crippen molar-refractivity contribution in [3.8, 4) is 0 Å². The van der Waals surface area contributed by atoms with E-state index in [9.17, 15) is 4.79 Å². The molecule has 0 heterocycles. The Morgan fingerprint density at radius 3 is 2.67 bits per heavy atom. The van der Waals surface area contributed by atoms with Crippen molar-refractivity contribution in [3.05, 3.63) is 47.5 Å². The lowest BCUT2D eigenvalue weighted by atomic mass is 9.98. The van der Waals surface area contributed by atoms with Crippen molar-refractivity contribution in [1.29, 1.82) is 0 Å². The lowest BCUT2D eigenvalue weighted by Crippen LogP contribution is -1.94. The highest BCUT2D eigenvalue weighted by molar-refractivity contribution is 5.86. The van der Waals surface area contributed by atoms with Crippen LogP contribution >= 0.6 is 0 Å². The van der Waals surface area contributed by atoms with E-state index < -0.39 is 0 Å². The fraction of sp³-hybridized carbons (Fsp3) is 0.353. The molecule has 2 rings (SSSR count). The van der Waals surface area contributed by atoms with E-state index in [1.165, 1.54) is 28.3 Å². The van der Waals surface area contributed by atoms with Gasteiger partial charge in [-0.25, -0.2) is 0 Å². The zero-order chi connectivity index (χ0) is 13.0. The van der Waals surface area contributed by atoms with E-state index in [-0.39, 0.29) is 5.78 Å². The first kappa shape index (κ1) is 12.8. The Bertz CT molecular complexity index is 555. The lowest BCUT2D eigenvalue weighted by molar-refractivity contribution is -0.116. The van der Waals surface area contributed by atoms with Crippen LogP contribution < -0.4 is 0 Å². The summed E-state index contributed by atoms with van der Waals surface area (Å²) in [5.41, 5.74) is 2.68. The predicted molar refractivity (Wildman–Crippen MR) is 76.9 cm³/mol. The zero-order valence-corrected chi connectivity index (χ0v) is 11.2. The molecule has 0 saturated heterocycles. The quantitative estimate of drug-likeness (QED) is 0.761. The van der Waals surface area contributed by atoms with Crippen molar-refractivity contribution in [2.45, 2.75) is 39.5 Å². The molecule has 0 aliphatic heterocycles. The maximum Gasteiger partial charge on any atom is 0.130 e. The van der Waals surface area contributed by atoms with Gasteiger partial charge in [0.2, 0.25) is 0 Å². The summed E-state index contributed by atoms with van der Waals surface area (Å²) in [6.07, 6.45) is 3.79. The van der Waals surface area contributed by atoms with Crippen LogP contribution in [0.3, 0.4) is 0 Å². The van der Waals surface area contributed by atoms with Crippen LogP contribution in [0.5, 0.6) is 0 Å². The van der Waals surface area contributed by atoms with Crippen molar-refractivity contribution in [2.75, 3.05) is 0 Å². The van der Waals surface area contributed by atoms with Gasteiger partial charge in [0.25, 0.3) is 0 Å². The van der Waals surface area contributed by atoms with Crippen LogP contribution in [0.1, 0.15) is 37.8 Å². The zero-order valence-electron chi connectivity index (χ0n) is 11.2. The Hall–Kier alpha value is -1.63. The van der Waals surface area contributed by atoms with Crippen molar-refractivity contribution < 1.29 is 4.79 Å². The Kier molecular flexibility index (Phi) is 4.14. The first-order valence-electron chi connectivity index (χ1n) is 6.70. The molecule has 0 N–H and O–H groups in total. The van der Waals surface area contributed by atoms with E-state index in [1.807, 2.05) is 0 Å². The number of carbonyl (C=O) groups is 1. The van der Waals surface area contributed by atoms with Crippen LogP contribution in [0.4, 0.5) is 0 Å². The van der Waals surface area contributed by atoms with Crippen molar-refractivity contribution in [1.82, 2.24) is 0 Å². The summed E-state index contributed by atoms with van der Waals surface area (Å²) in [6.45, 7) is 3.86. The molecule has 18 heavy (non-hydrogen) atoms. The molecular weight excluding hydrogens is 220 g/mol. The molecule has 1 nitrogen and oxygen atoms in total. The summed E-state index contributed by atoms with van der Waals surface area (Å²) in [6, 6.07) is 13.1. The van der Waals surface area contributed by atoms with E-state index in [0.717, 1.165) is 12.8 Å². The van der Waals surface area contributed by atoms with E-state index >= 15 is 0 Å². The highest BCUT2D eigenvalue weighted by Gasteiger charge is 2.02. The highest BCUT2D eigenvalue weighted by atomic mass is 16.1. The second kappa shape index (κ2) is 5.81. The summed E-state index contributed by atoms with van der Waals surface area (Å²) >= 11 is 0. The maximum atomic E-state index is 11.0. The van der Waals surface area contributed by atoms with Gasteiger partial charge in [-0.2, -0.15) is 0 Å². The minimum absolute atomic E-state index is 0.259. The SMILES string of the molecule is CCCc1cccc2cc(CCC(C)=O)ccc12. The molecule has 1 heteroatoms. The molecule has 0 bridgehead atoms. The van der Waals surface area contributed by atoms with Crippen LogP contribution in [-0.4, -0.2) is 5.78 Å². The van der Waals surface area contributed by atoms with Gasteiger partial charge >= 0.3 is 0 Å². The Labute approximate surface area is 109 Å². The average Bonchev–Trinajstić information content (AvgIpc) is 2.37. The van der Waals surface area contributed by atoms with Gasteiger partial charge in [-0.05, 0) is 41.7 Å². The number of fused-ring (bicyclic) bond motifs is 1. The van der Waals surface area contributed by atoms with Gasteiger partial charge in [-0.3, -0.25) is 0 Å². The van der Waals surface area contributed by atoms with Crippen molar-refractivity contribution in [2.24, 2.45) is 0 Å². The van der Waals surface area contributed by atoms with Crippen LogP contribution in [0.2, 0.25) is 0 Å². The third kappa shape index (κ3) is 2.98. The molecule has 0 aliphatic rings. The second-order valence-corrected chi connectivity index (χ2v) is 4.92. The predicted octanol–water partition coefficient (Wildman–Crippen LogP) is 4.31. The fourth-order valence-corrected chi connectivity index (χ4v) is 2.36.